The predicted molar refractivity (Wildman–Crippen MR) is 72.1 cm³/mol. The molecule has 3 saturated carbocycles. The van der Waals surface area contributed by atoms with E-state index in [9.17, 15) is 4.79 Å². The van der Waals surface area contributed by atoms with Gasteiger partial charge in [-0.3, -0.25) is 4.79 Å². The Labute approximate surface area is 110 Å². The van der Waals surface area contributed by atoms with E-state index in [0.717, 1.165) is 36.0 Å². The van der Waals surface area contributed by atoms with Gasteiger partial charge in [0, 0.05) is 6.42 Å². The molecule has 0 N–H and O–H groups in total. The van der Waals surface area contributed by atoms with Gasteiger partial charge in [-0.25, -0.2) is 0 Å². The van der Waals surface area contributed by atoms with Crippen molar-refractivity contribution in [3.63, 3.8) is 0 Å². The number of fused-ring (bicyclic) bond motifs is 5. The summed E-state index contributed by atoms with van der Waals surface area (Å²) in [5, 5.41) is 0. The number of carbonyl (C=O) groups excluding carboxylic acids is 1. The van der Waals surface area contributed by atoms with Crippen LogP contribution < -0.4 is 0 Å². The van der Waals surface area contributed by atoms with Gasteiger partial charge in [0.05, 0.1) is 0 Å². The topological polar surface area (TPSA) is 17.1 Å². The molecule has 0 amide bonds. The number of hydrogen-bond acceptors (Lipinski definition) is 1. The third-order valence-corrected chi connectivity index (χ3v) is 6.50. The summed E-state index contributed by atoms with van der Waals surface area (Å²) in [6.07, 6.45) is 14.1. The van der Waals surface area contributed by atoms with Gasteiger partial charge in [-0.15, -0.1) is 0 Å². The first-order chi connectivity index (χ1) is 8.83. The van der Waals surface area contributed by atoms with Gasteiger partial charge in [-0.2, -0.15) is 0 Å². The van der Waals surface area contributed by atoms with Gasteiger partial charge in [0.25, 0.3) is 0 Å². The van der Waals surface area contributed by atoms with Crippen LogP contribution in [0.15, 0.2) is 11.6 Å². The first-order valence-corrected chi connectivity index (χ1v) is 8.06. The lowest BCUT2D eigenvalue weighted by Gasteiger charge is -2.49. The number of allylic oxidation sites excluding steroid dienone is 1. The van der Waals surface area contributed by atoms with Crippen molar-refractivity contribution in [1.29, 1.82) is 0 Å². The molecule has 1 heteroatoms. The maximum atomic E-state index is 11.6. The predicted octanol–water partition coefficient (Wildman–Crippen LogP) is 4.13. The van der Waals surface area contributed by atoms with Crippen LogP contribution in [0.25, 0.3) is 0 Å². The maximum absolute atomic E-state index is 11.6. The second-order valence-corrected chi connectivity index (χ2v) is 7.13. The summed E-state index contributed by atoms with van der Waals surface area (Å²) in [7, 11) is 0. The third-order valence-electron chi connectivity index (χ3n) is 6.50. The molecule has 0 heterocycles. The first kappa shape index (κ1) is 11.3. The molecule has 3 fully saturated rings. The quantitative estimate of drug-likeness (QED) is 0.626. The average molecular weight is 244 g/mol. The lowest BCUT2D eigenvalue weighted by Crippen LogP contribution is -2.40. The van der Waals surface area contributed by atoms with Crippen molar-refractivity contribution < 1.29 is 4.79 Å². The van der Waals surface area contributed by atoms with E-state index < -0.39 is 0 Å². The van der Waals surface area contributed by atoms with E-state index in [1.807, 2.05) is 6.08 Å². The molecule has 0 radical (unpaired) electrons. The van der Waals surface area contributed by atoms with Crippen molar-refractivity contribution in [2.24, 2.45) is 29.6 Å². The van der Waals surface area contributed by atoms with E-state index in [1.165, 1.54) is 56.9 Å². The minimum Gasteiger partial charge on any atom is -0.295 e. The summed E-state index contributed by atoms with van der Waals surface area (Å²) in [6.45, 7) is 0. The Kier molecular flexibility index (Phi) is 2.63. The molecule has 0 aromatic carbocycles. The molecule has 0 aromatic heterocycles. The molecule has 0 saturated heterocycles. The van der Waals surface area contributed by atoms with Crippen LogP contribution in [0.4, 0.5) is 0 Å². The van der Waals surface area contributed by atoms with E-state index in [1.54, 1.807) is 0 Å². The van der Waals surface area contributed by atoms with Gasteiger partial charge in [0.2, 0.25) is 0 Å². The molecular weight excluding hydrogens is 220 g/mol. The Morgan fingerprint density at radius 3 is 2.72 bits per heavy atom. The van der Waals surface area contributed by atoms with Crippen molar-refractivity contribution in [2.75, 3.05) is 0 Å². The molecule has 0 aromatic rings. The minimum absolute atomic E-state index is 0.397. The molecule has 18 heavy (non-hydrogen) atoms. The molecule has 0 bridgehead atoms. The van der Waals surface area contributed by atoms with Crippen LogP contribution in [-0.2, 0) is 4.79 Å². The van der Waals surface area contributed by atoms with Crippen LogP contribution in [0.5, 0.6) is 0 Å². The van der Waals surface area contributed by atoms with Crippen molar-refractivity contribution in [2.45, 2.75) is 57.8 Å². The van der Waals surface area contributed by atoms with Crippen LogP contribution >= 0.6 is 0 Å². The summed E-state index contributed by atoms with van der Waals surface area (Å²) in [6, 6.07) is 0. The zero-order chi connectivity index (χ0) is 12.1. The highest BCUT2D eigenvalue weighted by atomic mass is 16.1. The summed E-state index contributed by atoms with van der Waals surface area (Å²) in [5.74, 6) is 5.28. The van der Waals surface area contributed by atoms with Crippen LogP contribution in [0, 0.1) is 29.6 Å². The Morgan fingerprint density at radius 1 is 0.833 bits per heavy atom. The number of carbonyl (C=O) groups is 1. The van der Waals surface area contributed by atoms with Gasteiger partial charge in [0.15, 0.2) is 5.78 Å². The zero-order valence-electron chi connectivity index (χ0n) is 11.2. The van der Waals surface area contributed by atoms with Gasteiger partial charge in [0.1, 0.15) is 0 Å². The van der Waals surface area contributed by atoms with Gasteiger partial charge >= 0.3 is 0 Å². The Balaban J connectivity index is 1.61. The summed E-state index contributed by atoms with van der Waals surface area (Å²) >= 11 is 0. The van der Waals surface area contributed by atoms with Crippen molar-refractivity contribution in [1.82, 2.24) is 0 Å². The summed E-state index contributed by atoms with van der Waals surface area (Å²) in [4.78, 5) is 11.6. The monoisotopic (exact) mass is 244 g/mol. The fourth-order valence-corrected chi connectivity index (χ4v) is 5.80. The number of rotatable bonds is 0. The van der Waals surface area contributed by atoms with E-state index in [4.69, 9.17) is 0 Å². The molecule has 4 aliphatic carbocycles. The standard InChI is InChI=1S/C17H24O/c18-13-6-9-15-12(10-13)5-8-16-14-3-1-2-11(14)4-7-17(15)16/h10-11,14-17H,1-9H2/t11-,14+,15-,16-,17+/m0/s1. The third kappa shape index (κ3) is 1.62. The highest BCUT2D eigenvalue weighted by Crippen LogP contribution is 2.56. The highest BCUT2D eigenvalue weighted by Gasteiger charge is 2.47. The molecule has 0 aliphatic heterocycles. The van der Waals surface area contributed by atoms with Gasteiger partial charge in [-0.05, 0) is 74.2 Å². The molecule has 5 atom stereocenters. The van der Waals surface area contributed by atoms with Crippen LogP contribution in [0.3, 0.4) is 0 Å². The SMILES string of the molecule is O=C1C=C2CC[C@H]3[C@@H]4CCC[C@H]4CC[C@@H]3[C@H]2CC1. The van der Waals surface area contributed by atoms with E-state index in [0.29, 0.717) is 5.78 Å². The zero-order valence-corrected chi connectivity index (χ0v) is 11.2. The molecule has 4 aliphatic rings. The fraction of sp³-hybridized carbons (Fsp3) is 0.824. The molecule has 1 nitrogen and oxygen atoms in total. The lowest BCUT2D eigenvalue weighted by atomic mass is 9.56. The Morgan fingerprint density at radius 2 is 1.78 bits per heavy atom. The molecule has 0 spiro atoms. The second kappa shape index (κ2) is 4.21. The molecular formula is C17H24O. The maximum Gasteiger partial charge on any atom is 0.155 e. The Hall–Kier alpha value is -0.590. The van der Waals surface area contributed by atoms with E-state index in [2.05, 4.69) is 0 Å². The molecule has 98 valence electrons. The summed E-state index contributed by atoms with van der Waals surface area (Å²) < 4.78 is 0. The van der Waals surface area contributed by atoms with Crippen molar-refractivity contribution in [3.8, 4) is 0 Å². The fourth-order valence-electron chi connectivity index (χ4n) is 5.80. The highest BCUT2D eigenvalue weighted by molar-refractivity contribution is 5.91. The van der Waals surface area contributed by atoms with Crippen LogP contribution in [-0.4, -0.2) is 5.78 Å². The van der Waals surface area contributed by atoms with Gasteiger partial charge in [-0.1, -0.05) is 18.4 Å². The number of hydrogen-bond donors (Lipinski definition) is 0. The number of ketones is 1. The average Bonchev–Trinajstić information content (AvgIpc) is 2.86. The summed E-state index contributed by atoms with van der Waals surface area (Å²) in [5.41, 5.74) is 1.53. The van der Waals surface area contributed by atoms with Crippen molar-refractivity contribution >= 4 is 5.78 Å². The van der Waals surface area contributed by atoms with E-state index >= 15 is 0 Å². The normalized spacial score (nSPS) is 47.0. The van der Waals surface area contributed by atoms with E-state index in [-0.39, 0.29) is 0 Å². The second-order valence-electron chi connectivity index (χ2n) is 7.13. The van der Waals surface area contributed by atoms with Crippen LogP contribution in [0.2, 0.25) is 0 Å². The molecule has 4 rings (SSSR count). The Bertz CT molecular complexity index is 394. The van der Waals surface area contributed by atoms with Crippen molar-refractivity contribution in [3.05, 3.63) is 11.6 Å². The molecule has 0 unspecified atom stereocenters. The largest absolute Gasteiger partial charge is 0.295 e. The van der Waals surface area contributed by atoms with Gasteiger partial charge < -0.3 is 0 Å². The van der Waals surface area contributed by atoms with Crippen LogP contribution in [0.1, 0.15) is 57.8 Å². The lowest BCUT2D eigenvalue weighted by molar-refractivity contribution is -0.115. The smallest absolute Gasteiger partial charge is 0.155 e. The first-order valence-electron chi connectivity index (χ1n) is 8.06. The minimum atomic E-state index is 0.397.